The minimum Gasteiger partial charge on any atom is -0.361 e. The summed E-state index contributed by atoms with van der Waals surface area (Å²) in [7, 11) is 1.93. The summed E-state index contributed by atoms with van der Waals surface area (Å²) in [6, 6.07) is 0.269. The zero-order valence-electron chi connectivity index (χ0n) is 9.87. The zero-order chi connectivity index (χ0) is 11.7. The Kier molecular flexibility index (Phi) is 3.07. The van der Waals surface area contributed by atoms with Gasteiger partial charge in [-0.3, -0.25) is 0 Å². The van der Waals surface area contributed by atoms with E-state index in [1.165, 1.54) is 0 Å². The van der Waals surface area contributed by atoms with Gasteiger partial charge in [0.05, 0.1) is 17.0 Å². The molecule has 0 radical (unpaired) electrons. The van der Waals surface area contributed by atoms with Crippen LogP contribution < -0.4 is 5.32 Å². The molecule has 16 heavy (non-hydrogen) atoms. The van der Waals surface area contributed by atoms with E-state index in [2.05, 4.69) is 27.8 Å². The van der Waals surface area contributed by atoms with Gasteiger partial charge in [-0.05, 0) is 27.8 Å². The van der Waals surface area contributed by atoms with E-state index in [9.17, 15) is 0 Å². The number of nitrogens with zero attached hydrogens (tertiary/aromatic N) is 2. The molecule has 0 aliphatic carbocycles. The quantitative estimate of drug-likeness (QED) is 0.891. The maximum atomic E-state index is 5.15. The van der Waals surface area contributed by atoms with Crippen LogP contribution in [0.1, 0.15) is 30.1 Å². The molecule has 2 aromatic heterocycles. The zero-order valence-corrected chi connectivity index (χ0v) is 10.7. The largest absolute Gasteiger partial charge is 0.361 e. The summed E-state index contributed by atoms with van der Waals surface area (Å²) >= 11 is 1.63. The van der Waals surface area contributed by atoms with Crippen LogP contribution in [0.15, 0.2) is 9.90 Å². The maximum absolute atomic E-state index is 5.15. The lowest BCUT2D eigenvalue weighted by atomic mass is 10.2. The normalized spacial score (nSPS) is 13.0. The molecule has 0 saturated heterocycles. The second kappa shape index (κ2) is 4.35. The van der Waals surface area contributed by atoms with E-state index in [0.717, 1.165) is 27.7 Å². The van der Waals surface area contributed by atoms with E-state index < -0.39 is 0 Å². The molecule has 0 fully saturated rings. The fourth-order valence-corrected chi connectivity index (χ4v) is 2.59. The van der Waals surface area contributed by atoms with Crippen molar-refractivity contribution in [3.05, 3.63) is 22.5 Å². The van der Waals surface area contributed by atoms with E-state index in [4.69, 9.17) is 4.52 Å². The lowest BCUT2D eigenvalue weighted by Gasteiger charge is -2.04. The van der Waals surface area contributed by atoms with Crippen molar-refractivity contribution < 1.29 is 4.52 Å². The van der Waals surface area contributed by atoms with Gasteiger partial charge in [-0.15, -0.1) is 11.3 Å². The highest BCUT2D eigenvalue weighted by Gasteiger charge is 2.16. The smallest absolute Gasteiger partial charge is 0.144 e. The summed E-state index contributed by atoms with van der Waals surface area (Å²) in [5.41, 5.74) is 2.98. The van der Waals surface area contributed by atoms with Crippen molar-refractivity contribution in [2.24, 2.45) is 0 Å². The third-order valence-electron chi connectivity index (χ3n) is 2.65. The summed E-state index contributed by atoms with van der Waals surface area (Å²) in [5.74, 6) is 0.829. The molecule has 1 atom stereocenters. The van der Waals surface area contributed by atoms with Crippen LogP contribution in [-0.2, 0) is 0 Å². The molecule has 86 valence electrons. The number of thiazole rings is 1. The van der Waals surface area contributed by atoms with Gasteiger partial charge >= 0.3 is 0 Å². The summed E-state index contributed by atoms with van der Waals surface area (Å²) in [6.07, 6.45) is 0. The molecule has 1 N–H and O–H groups in total. The Bertz CT molecular complexity index is 470. The van der Waals surface area contributed by atoms with Crippen LogP contribution in [0, 0.1) is 13.8 Å². The first-order chi connectivity index (χ1) is 7.63. The van der Waals surface area contributed by atoms with Crippen molar-refractivity contribution >= 4 is 11.3 Å². The first-order valence-electron chi connectivity index (χ1n) is 5.19. The van der Waals surface area contributed by atoms with Crippen LogP contribution in [0.3, 0.4) is 0 Å². The van der Waals surface area contributed by atoms with Crippen molar-refractivity contribution in [3.63, 3.8) is 0 Å². The Morgan fingerprint density at radius 2 is 2.19 bits per heavy atom. The molecule has 0 saturated carbocycles. The predicted octanol–water partition coefficient (Wildman–Crippen LogP) is 2.70. The van der Waals surface area contributed by atoms with Gasteiger partial charge in [-0.25, -0.2) is 4.98 Å². The van der Waals surface area contributed by atoms with Gasteiger partial charge in [0.15, 0.2) is 0 Å². The van der Waals surface area contributed by atoms with E-state index in [0.29, 0.717) is 0 Å². The van der Waals surface area contributed by atoms with Crippen molar-refractivity contribution in [1.29, 1.82) is 0 Å². The molecule has 4 nitrogen and oxygen atoms in total. The second-order valence-electron chi connectivity index (χ2n) is 3.79. The first kappa shape index (κ1) is 11.3. The van der Waals surface area contributed by atoms with E-state index in [1.807, 2.05) is 20.9 Å². The van der Waals surface area contributed by atoms with Gasteiger partial charge < -0.3 is 9.84 Å². The lowest BCUT2D eigenvalue weighted by Crippen LogP contribution is -2.12. The Morgan fingerprint density at radius 3 is 2.75 bits per heavy atom. The van der Waals surface area contributed by atoms with Gasteiger partial charge in [-0.1, -0.05) is 5.16 Å². The number of hydrogen-bond donors (Lipinski definition) is 1. The van der Waals surface area contributed by atoms with Crippen LogP contribution in [-0.4, -0.2) is 17.2 Å². The van der Waals surface area contributed by atoms with Gasteiger partial charge in [-0.2, -0.15) is 0 Å². The molecule has 0 spiro atoms. The molecule has 0 amide bonds. The molecule has 5 heteroatoms. The molecule has 0 bridgehead atoms. The lowest BCUT2D eigenvalue weighted by molar-refractivity contribution is 0.393. The Morgan fingerprint density at radius 1 is 1.44 bits per heavy atom. The molecular weight excluding hydrogens is 222 g/mol. The van der Waals surface area contributed by atoms with Gasteiger partial charge in [0.25, 0.3) is 0 Å². The van der Waals surface area contributed by atoms with Crippen molar-refractivity contribution in [3.8, 4) is 10.6 Å². The number of hydrogen-bond acceptors (Lipinski definition) is 5. The number of aromatic nitrogens is 2. The molecule has 2 rings (SSSR count). The van der Waals surface area contributed by atoms with E-state index in [1.54, 1.807) is 11.3 Å². The number of aryl methyl sites for hydroxylation is 2. The third-order valence-corrected chi connectivity index (χ3v) is 3.52. The molecule has 0 aromatic carbocycles. The molecule has 1 unspecified atom stereocenters. The fraction of sp³-hybridized carbons (Fsp3) is 0.455. The highest BCUT2D eigenvalue weighted by Crippen LogP contribution is 2.30. The molecular formula is C11H15N3OS. The molecule has 2 heterocycles. The van der Waals surface area contributed by atoms with Crippen LogP contribution in [0.4, 0.5) is 0 Å². The monoisotopic (exact) mass is 237 g/mol. The van der Waals surface area contributed by atoms with Crippen LogP contribution in [0.2, 0.25) is 0 Å². The average molecular weight is 237 g/mol. The van der Waals surface area contributed by atoms with Crippen LogP contribution >= 0.6 is 11.3 Å². The molecule has 0 aliphatic heterocycles. The average Bonchev–Trinajstić information content (AvgIpc) is 2.85. The van der Waals surface area contributed by atoms with Crippen molar-refractivity contribution in [2.75, 3.05) is 7.05 Å². The van der Waals surface area contributed by atoms with Gasteiger partial charge in [0.2, 0.25) is 0 Å². The van der Waals surface area contributed by atoms with Crippen LogP contribution in [0.5, 0.6) is 0 Å². The number of nitrogens with one attached hydrogen (secondary N) is 1. The minimum absolute atomic E-state index is 0.269. The van der Waals surface area contributed by atoms with E-state index >= 15 is 0 Å². The van der Waals surface area contributed by atoms with Gasteiger partial charge in [0.1, 0.15) is 10.8 Å². The topological polar surface area (TPSA) is 51.0 Å². The fourth-order valence-electron chi connectivity index (χ4n) is 1.54. The SMILES string of the molecule is CNC(C)c1csc(-c2c(C)noc2C)n1. The Balaban J connectivity index is 2.39. The molecule has 2 aromatic rings. The van der Waals surface area contributed by atoms with E-state index in [-0.39, 0.29) is 6.04 Å². The van der Waals surface area contributed by atoms with Crippen LogP contribution in [0.25, 0.3) is 10.6 Å². The van der Waals surface area contributed by atoms with Crippen molar-refractivity contribution in [1.82, 2.24) is 15.5 Å². The highest BCUT2D eigenvalue weighted by atomic mass is 32.1. The predicted molar refractivity (Wildman–Crippen MR) is 64.6 cm³/mol. The molecule has 0 aliphatic rings. The third kappa shape index (κ3) is 1.88. The Hall–Kier alpha value is -1.20. The minimum atomic E-state index is 0.269. The summed E-state index contributed by atoms with van der Waals surface area (Å²) < 4.78 is 5.15. The summed E-state index contributed by atoms with van der Waals surface area (Å²) in [6.45, 7) is 5.94. The highest BCUT2D eigenvalue weighted by molar-refractivity contribution is 7.13. The first-order valence-corrected chi connectivity index (χ1v) is 6.07. The summed E-state index contributed by atoms with van der Waals surface area (Å²) in [5, 5.41) is 10.2. The van der Waals surface area contributed by atoms with Crippen molar-refractivity contribution in [2.45, 2.75) is 26.8 Å². The standard InChI is InChI=1S/C11H15N3OS/c1-6(12-4)9-5-16-11(13-9)10-7(2)14-15-8(10)3/h5-6,12H,1-4H3. The van der Waals surface area contributed by atoms with Gasteiger partial charge in [0, 0.05) is 11.4 Å². The second-order valence-corrected chi connectivity index (χ2v) is 4.65. The maximum Gasteiger partial charge on any atom is 0.144 e. The Labute approximate surface area is 98.7 Å². The summed E-state index contributed by atoms with van der Waals surface area (Å²) in [4.78, 5) is 4.60. The number of rotatable bonds is 3.